The van der Waals surface area contributed by atoms with Gasteiger partial charge in [-0.2, -0.15) is 0 Å². The van der Waals surface area contributed by atoms with Gasteiger partial charge in [0.1, 0.15) is 5.60 Å². The molecule has 7 heteroatoms. The van der Waals surface area contributed by atoms with E-state index in [1.165, 1.54) is 20.9 Å². The molecule has 0 aliphatic carbocycles. The van der Waals surface area contributed by atoms with Crippen LogP contribution >= 0.6 is 11.3 Å². The van der Waals surface area contributed by atoms with Crippen molar-refractivity contribution < 1.29 is 9.53 Å². The first-order valence-corrected chi connectivity index (χ1v) is 11.3. The Balaban J connectivity index is 1.30. The normalized spacial score (nSPS) is 18.9. The van der Waals surface area contributed by atoms with Gasteiger partial charge in [-0.15, -0.1) is 11.3 Å². The maximum atomic E-state index is 12.9. The summed E-state index contributed by atoms with van der Waals surface area (Å²) in [5, 5.41) is 0. The van der Waals surface area contributed by atoms with Crippen LogP contribution in [0.3, 0.4) is 0 Å². The fourth-order valence-corrected chi connectivity index (χ4v) is 6.00. The Bertz CT molecular complexity index is 1010. The Morgan fingerprint density at radius 3 is 2.83 bits per heavy atom. The van der Waals surface area contributed by atoms with Crippen LogP contribution in [-0.4, -0.2) is 46.5 Å². The highest BCUT2D eigenvalue weighted by Crippen LogP contribution is 2.47. The number of H-pyrrole nitrogens is 1. The van der Waals surface area contributed by atoms with Gasteiger partial charge < -0.3 is 20.4 Å². The van der Waals surface area contributed by atoms with E-state index in [4.69, 9.17) is 10.5 Å². The van der Waals surface area contributed by atoms with Gasteiger partial charge >= 0.3 is 0 Å². The van der Waals surface area contributed by atoms with Crippen molar-refractivity contribution in [3.05, 3.63) is 65.1 Å². The standard InChI is InChI=1S/C23H26N4O2S/c24-19(13-18-14-25-15-26-18)22(28)27-9-7-23(8-10-27)21-17(6-11-29-23)12-20(30-21)16-4-2-1-3-5-16/h1-5,12,14-15,19H,6-11,13,24H2,(H,25,26)/t19-/m0/s1. The molecule has 1 aromatic carbocycles. The number of hydrogen-bond acceptors (Lipinski definition) is 5. The van der Waals surface area contributed by atoms with E-state index in [0.717, 1.165) is 31.6 Å². The number of aromatic amines is 1. The predicted molar refractivity (Wildman–Crippen MR) is 117 cm³/mol. The molecule has 0 unspecified atom stereocenters. The SMILES string of the molecule is N[C@@H](Cc1cnc[nH]1)C(=O)N1CCC2(CC1)OCCc1cc(-c3ccccc3)sc12. The van der Waals surface area contributed by atoms with Crippen molar-refractivity contribution in [3.63, 3.8) is 0 Å². The molecule has 1 atom stereocenters. The Hall–Kier alpha value is -2.48. The summed E-state index contributed by atoms with van der Waals surface area (Å²) in [6.07, 6.45) is 6.40. The third-order valence-corrected chi connectivity index (χ3v) is 7.64. The van der Waals surface area contributed by atoms with Crippen molar-refractivity contribution in [1.82, 2.24) is 14.9 Å². The monoisotopic (exact) mass is 422 g/mol. The zero-order valence-corrected chi connectivity index (χ0v) is 17.7. The van der Waals surface area contributed by atoms with Crippen LogP contribution in [0, 0.1) is 0 Å². The number of nitrogens with one attached hydrogen (secondary N) is 1. The summed E-state index contributed by atoms with van der Waals surface area (Å²) in [5.41, 5.74) is 9.46. The first-order valence-electron chi connectivity index (χ1n) is 10.5. The number of amides is 1. The number of hydrogen-bond donors (Lipinski definition) is 2. The molecular weight excluding hydrogens is 396 g/mol. The van der Waals surface area contributed by atoms with Crippen molar-refractivity contribution in [3.8, 4) is 10.4 Å². The number of carbonyl (C=O) groups excluding carboxylic acids is 1. The number of aromatic nitrogens is 2. The van der Waals surface area contributed by atoms with Crippen molar-refractivity contribution in [1.29, 1.82) is 0 Å². The largest absolute Gasteiger partial charge is 0.369 e. The molecular formula is C23H26N4O2S. The summed E-state index contributed by atoms with van der Waals surface area (Å²) < 4.78 is 6.38. The van der Waals surface area contributed by atoms with Gasteiger partial charge in [0.2, 0.25) is 5.91 Å². The van der Waals surface area contributed by atoms with E-state index < -0.39 is 6.04 Å². The molecule has 3 aromatic rings. The minimum Gasteiger partial charge on any atom is -0.369 e. The molecule has 1 fully saturated rings. The summed E-state index contributed by atoms with van der Waals surface area (Å²) >= 11 is 1.85. The van der Waals surface area contributed by atoms with Gasteiger partial charge in [0.05, 0.1) is 19.0 Å². The molecule has 3 N–H and O–H groups in total. The van der Waals surface area contributed by atoms with Crippen LogP contribution in [0.4, 0.5) is 0 Å². The number of likely N-dealkylation sites (tertiary alicyclic amines) is 1. The second kappa shape index (κ2) is 7.98. The Kier molecular flexibility index (Phi) is 5.18. The predicted octanol–water partition coefficient (Wildman–Crippen LogP) is 3.10. The van der Waals surface area contributed by atoms with E-state index in [0.29, 0.717) is 19.5 Å². The van der Waals surface area contributed by atoms with Crippen LogP contribution in [0.1, 0.15) is 29.0 Å². The van der Waals surface area contributed by atoms with E-state index in [9.17, 15) is 4.79 Å². The van der Waals surface area contributed by atoms with Gasteiger partial charge in [-0.25, -0.2) is 4.98 Å². The number of carbonyl (C=O) groups is 1. The number of nitrogens with zero attached hydrogens (tertiary/aromatic N) is 2. The van der Waals surface area contributed by atoms with E-state index in [2.05, 4.69) is 40.3 Å². The quantitative estimate of drug-likeness (QED) is 0.677. The minimum absolute atomic E-state index is 0.00615. The Morgan fingerprint density at radius 1 is 1.30 bits per heavy atom. The number of thiophene rings is 1. The Labute approximate surface area is 180 Å². The maximum Gasteiger partial charge on any atom is 0.239 e. The van der Waals surface area contributed by atoms with Gasteiger partial charge in [-0.3, -0.25) is 4.79 Å². The first kappa shape index (κ1) is 19.5. The van der Waals surface area contributed by atoms with Crippen LogP contribution in [0.2, 0.25) is 0 Å². The van der Waals surface area contributed by atoms with Crippen LogP contribution in [-0.2, 0) is 28.0 Å². The number of piperidine rings is 1. The zero-order valence-electron chi connectivity index (χ0n) is 16.8. The fourth-order valence-electron chi connectivity index (χ4n) is 4.58. The second-order valence-electron chi connectivity index (χ2n) is 8.14. The summed E-state index contributed by atoms with van der Waals surface area (Å²) in [6, 6.07) is 12.3. The van der Waals surface area contributed by atoms with E-state index in [1.54, 1.807) is 12.5 Å². The van der Waals surface area contributed by atoms with Gasteiger partial charge in [0.25, 0.3) is 0 Å². The van der Waals surface area contributed by atoms with E-state index in [1.807, 2.05) is 22.3 Å². The lowest BCUT2D eigenvalue weighted by molar-refractivity contribution is -0.141. The number of nitrogens with two attached hydrogens (primary N) is 1. The van der Waals surface area contributed by atoms with Gasteiger partial charge in [-0.1, -0.05) is 30.3 Å². The molecule has 1 amide bonds. The average Bonchev–Trinajstić information content (AvgIpc) is 3.45. The second-order valence-corrected chi connectivity index (χ2v) is 9.19. The average molecular weight is 423 g/mol. The number of fused-ring (bicyclic) bond motifs is 2. The molecule has 2 aliphatic rings. The first-order chi connectivity index (χ1) is 14.6. The van der Waals surface area contributed by atoms with Crippen molar-refractivity contribution >= 4 is 17.2 Å². The highest BCUT2D eigenvalue weighted by Gasteiger charge is 2.43. The molecule has 2 aliphatic heterocycles. The minimum atomic E-state index is -0.547. The molecule has 0 radical (unpaired) electrons. The van der Waals surface area contributed by atoms with E-state index >= 15 is 0 Å². The molecule has 1 saturated heterocycles. The van der Waals surface area contributed by atoms with Gasteiger partial charge in [0, 0.05) is 41.2 Å². The highest BCUT2D eigenvalue weighted by molar-refractivity contribution is 7.15. The highest BCUT2D eigenvalue weighted by atomic mass is 32.1. The lowest BCUT2D eigenvalue weighted by Crippen LogP contribution is -2.52. The Morgan fingerprint density at radius 2 is 2.10 bits per heavy atom. The molecule has 0 saturated carbocycles. The number of imidazole rings is 1. The zero-order chi connectivity index (χ0) is 20.6. The third kappa shape index (κ3) is 3.57. The van der Waals surface area contributed by atoms with Crippen molar-refractivity contribution in [2.75, 3.05) is 19.7 Å². The number of rotatable bonds is 4. The van der Waals surface area contributed by atoms with Gasteiger partial charge in [0.15, 0.2) is 0 Å². The molecule has 5 rings (SSSR count). The van der Waals surface area contributed by atoms with Crippen LogP contribution in [0.15, 0.2) is 48.9 Å². The molecule has 6 nitrogen and oxygen atoms in total. The van der Waals surface area contributed by atoms with Gasteiger partial charge in [-0.05, 0) is 36.5 Å². The van der Waals surface area contributed by atoms with Crippen LogP contribution in [0.25, 0.3) is 10.4 Å². The lowest BCUT2D eigenvalue weighted by atomic mass is 9.85. The summed E-state index contributed by atoms with van der Waals surface area (Å²) in [7, 11) is 0. The third-order valence-electron chi connectivity index (χ3n) is 6.23. The van der Waals surface area contributed by atoms with Crippen molar-refractivity contribution in [2.24, 2.45) is 5.73 Å². The number of benzene rings is 1. The fraction of sp³-hybridized carbons (Fsp3) is 0.391. The summed E-state index contributed by atoms with van der Waals surface area (Å²) in [4.78, 5) is 24.4. The summed E-state index contributed by atoms with van der Waals surface area (Å²) in [6.45, 7) is 2.09. The molecule has 156 valence electrons. The molecule has 0 bridgehead atoms. The van der Waals surface area contributed by atoms with Crippen LogP contribution < -0.4 is 5.73 Å². The van der Waals surface area contributed by atoms with E-state index in [-0.39, 0.29) is 11.5 Å². The number of ether oxygens (including phenoxy) is 1. The summed E-state index contributed by atoms with van der Waals surface area (Å²) in [5.74, 6) is 0.00615. The molecule has 30 heavy (non-hydrogen) atoms. The smallest absolute Gasteiger partial charge is 0.239 e. The lowest BCUT2D eigenvalue weighted by Gasteiger charge is -2.44. The molecule has 4 heterocycles. The molecule has 2 aromatic heterocycles. The topological polar surface area (TPSA) is 84.2 Å². The maximum absolute atomic E-state index is 12.9. The van der Waals surface area contributed by atoms with Crippen molar-refractivity contribution in [2.45, 2.75) is 37.3 Å². The van der Waals surface area contributed by atoms with Crippen LogP contribution in [0.5, 0.6) is 0 Å². The molecule has 1 spiro atoms.